The molecule has 338 valence electrons. The van der Waals surface area contributed by atoms with Crippen LogP contribution in [-0.4, -0.2) is 65.7 Å². The summed E-state index contributed by atoms with van der Waals surface area (Å²) >= 11 is 0. The van der Waals surface area contributed by atoms with Gasteiger partial charge >= 0.3 is 19.8 Å². The molecular formula is C46H89O10P. The highest BCUT2D eigenvalue weighted by molar-refractivity contribution is 7.47. The van der Waals surface area contributed by atoms with E-state index in [1.165, 1.54) is 128 Å². The Kier molecular flexibility index (Phi) is 41.9. The van der Waals surface area contributed by atoms with Crippen LogP contribution >= 0.6 is 7.82 Å². The van der Waals surface area contributed by atoms with Crippen LogP contribution in [0.4, 0.5) is 0 Å². The van der Waals surface area contributed by atoms with Gasteiger partial charge < -0.3 is 24.6 Å². The Bertz CT molecular complexity index is 961. The summed E-state index contributed by atoms with van der Waals surface area (Å²) in [6.45, 7) is 2.17. The second kappa shape index (κ2) is 42.8. The van der Waals surface area contributed by atoms with E-state index in [0.717, 1.165) is 64.2 Å². The number of hydrogen-bond donors (Lipinski definition) is 3. The Labute approximate surface area is 349 Å². The van der Waals surface area contributed by atoms with Crippen molar-refractivity contribution in [2.75, 3.05) is 26.4 Å². The van der Waals surface area contributed by atoms with Gasteiger partial charge in [-0.05, 0) is 32.1 Å². The van der Waals surface area contributed by atoms with Crippen molar-refractivity contribution in [2.45, 2.75) is 244 Å². The van der Waals surface area contributed by atoms with Crippen molar-refractivity contribution in [1.82, 2.24) is 0 Å². The van der Waals surface area contributed by atoms with E-state index in [0.29, 0.717) is 12.8 Å². The lowest BCUT2D eigenvalue weighted by Gasteiger charge is -2.20. The summed E-state index contributed by atoms with van der Waals surface area (Å²) in [5.41, 5.74) is 0. The molecule has 0 aromatic heterocycles. The van der Waals surface area contributed by atoms with E-state index in [-0.39, 0.29) is 12.8 Å². The molecule has 57 heavy (non-hydrogen) atoms. The summed E-state index contributed by atoms with van der Waals surface area (Å²) < 4.78 is 32.5. The number of phosphoric ester groups is 1. The maximum absolute atomic E-state index is 12.3. The molecule has 11 heteroatoms. The van der Waals surface area contributed by atoms with E-state index in [1.807, 2.05) is 0 Å². The number of hydrogen-bond acceptors (Lipinski definition) is 9. The predicted octanol–water partition coefficient (Wildman–Crippen LogP) is 12.8. The van der Waals surface area contributed by atoms with E-state index < -0.39 is 58.4 Å². The molecule has 3 unspecified atom stereocenters. The molecule has 0 saturated carbocycles. The van der Waals surface area contributed by atoms with Gasteiger partial charge in [0.1, 0.15) is 12.2 Å². The minimum atomic E-state index is -4.63. The Hall–Kier alpha value is -1.29. The fourth-order valence-corrected chi connectivity index (χ4v) is 7.61. The van der Waals surface area contributed by atoms with Crippen LogP contribution in [0, 0.1) is 0 Å². The average Bonchev–Trinajstić information content (AvgIpc) is 3.20. The lowest BCUT2D eigenvalue weighted by Crippen LogP contribution is -2.28. The first kappa shape index (κ1) is 55.7. The van der Waals surface area contributed by atoms with Gasteiger partial charge in [0.15, 0.2) is 0 Å². The van der Waals surface area contributed by atoms with Gasteiger partial charge in [-0.2, -0.15) is 0 Å². The first-order chi connectivity index (χ1) is 27.8. The van der Waals surface area contributed by atoms with Gasteiger partial charge in [0.05, 0.1) is 26.4 Å². The summed E-state index contributed by atoms with van der Waals surface area (Å²) in [5.74, 6) is -1.02. The average molecular weight is 833 g/mol. The summed E-state index contributed by atoms with van der Waals surface area (Å²) in [4.78, 5) is 34.5. The van der Waals surface area contributed by atoms with E-state index in [4.69, 9.17) is 18.5 Å². The molecule has 0 aliphatic heterocycles. The van der Waals surface area contributed by atoms with Crippen LogP contribution in [-0.2, 0) is 32.7 Å². The summed E-state index contributed by atoms with van der Waals surface area (Å²) in [6, 6.07) is 0. The van der Waals surface area contributed by atoms with Crippen molar-refractivity contribution in [3.8, 4) is 0 Å². The molecule has 3 N–H and O–H groups in total. The van der Waals surface area contributed by atoms with Crippen LogP contribution in [0.15, 0.2) is 12.2 Å². The van der Waals surface area contributed by atoms with Crippen molar-refractivity contribution >= 4 is 19.8 Å². The number of aliphatic hydroxyl groups excluding tert-OH is 2. The van der Waals surface area contributed by atoms with Crippen molar-refractivity contribution in [2.24, 2.45) is 0 Å². The molecule has 0 aromatic rings. The molecule has 0 aliphatic rings. The Morgan fingerprint density at radius 1 is 0.456 bits per heavy atom. The maximum atomic E-state index is 12.3. The molecule has 0 aliphatic carbocycles. The Morgan fingerprint density at radius 3 is 1.07 bits per heavy atom. The van der Waals surface area contributed by atoms with E-state index in [9.17, 15) is 29.3 Å². The van der Waals surface area contributed by atoms with Crippen LogP contribution in [0.1, 0.15) is 232 Å². The standard InChI is InChI=1S/C46H89O10P/c1-3-5-7-9-11-13-15-16-17-18-19-20-21-22-23-24-25-26-27-28-30-32-34-36-38-46(50)56-44(40-48)42-54-57(51,52)53-41-43(39-47)55-45(49)37-35-33-31-29-14-12-10-8-6-4-2/h8,10,43-44,47-48H,3-7,9,11-42H2,1-2H3,(H,51,52)/b10-8-. The third kappa shape index (κ3) is 41.2. The van der Waals surface area contributed by atoms with Crippen molar-refractivity contribution in [1.29, 1.82) is 0 Å². The zero-order valence-corrected chi connectivity index (χ0v) is 37.7. The van der Waals surface area contributed by atoms with E-state index in [2.05, 4.69) is 26.0 Å². The normalized spacial score (nSPS) is 13.8. The Morgan fingerprint density at radius 2 is 0.754 bits per heavy atom. The molecule has 3 atom stereocenters. The molecule has 0 amide bonds. The molecule has 0 radical (unpaired) electrons. The van der Waals surface area contributed by atoms with Crippen LogP contribution in [0.25, 0.3) is 0 Å². The van der Waals surface area contributed by atoms with Crippen LogP contribution in [0.2, 0.25) is 0 Å². The van der Waals surface area contributed by atoms with E-state index >= 15 is 0 Å². The molecule has 0 aromatic carbocycles. The molecule has 0 rings (SSSR count). The van der Waals surface area contributed by atoms with Gasteiger partial charge in [-0.15, -0.1) is 0 Å². The molecule has 0 fully saturated rings. The number of phosphoric acid groups is 1. The highest BCUT2D eigenvalue weighted by Gasteiger charge is 2.27. The largest absolute Gasteiger partial charge is 0.472 e. The number of ether oxygens (including phenoxy) is 2. The minimum Gasteiger partial charge on any atom is -0.457 e. The number of esters is 2. The quantitative estimate of drug-likeness (QED) is 0.0234. The van der Waals surface area contributed by atoms with E-state index in [1.54, 1.807) is 0 Å². The highest BCUT2D eigenvalue weighted by atomic mass is 31.2. The number of allylic oxidation sites excluding steroid dienone is 2. The summed E-state index contributed by atoms with van der Waals surface area (Å²) in [5, 5.41) is 19.1. The maximum Gasteiger partial charge on any atom is 0.472 e. The number of carbonyl (C=O) groups excluding carboxylic acids is 2. The SMILES string of the molecule is CCC/C=C\CCCCCCCC(=O)OC(CO)COP(=O)(O)OCC(CO)OC(=O)CCCCCCCCCCCCCCCCCCCCCCCCCC. The summed E-state index contributed by atoms with van der Waals surface area (Å²) in [6.07, 6.45) is 42.1. The topological polar surface area (TPSA) is 149 Å². The highest BCUT2D eigenvalue weighted by Crippen LogP contribution is 2.43. The summed E-state index contributed by atoms with van der Waals surface area (Å²) in [7, 11) is -4.63. The second-order valence-electron chi connectivity index (χ2n) is 16.1. The smallest absolute Gasteiger partial charge is 0.457 e. The first-order valence-corrected chi connectivity index (χ1v) is 25.1. The fourth-order valence-electron chi connectivity index (χ4n) is 6.83. The number of unbranched alkanes of at least 4 members (excludes halogenated alkanes) is 29. The van der Waals surface area contributed by atoms with Crippen LogP contribution < -0.4 is 0 Å². The zero-order chi connectivity index (χ0) is 41.9. The molecule has 0 spiro atoms. The van der Waals surface area contributed by atoms with Gasteiger partial charge in [-0.1, -0.05) is 199 Å². The van der Waals surface area contributed by atoms with Crippen molar-refractivity contribution in [3.05, 3.63) is 12.2 Å². The number of aliphatic hydroxyl groups is 2. The molecule has 10 nitrogen and oxygen atoms in total. The van der Waals surface area contributed by atoms with Gasteiger partial charge in [-0.3, -0.25) is 18.6 Å². The van der Waals surface area contributed by atoms with Crippen LogP contribution in [0.3, 0.4) is 0 Å². The van der Waals surface area contributed by atoms with Gasteiger partial charge in [0.25, 0.3) is 0 Å². The number of rotatable bonds is 45. The minimum absolute atomic E-state index is 0.184. The third-order valence-electron chi connectivity index (χ3n) is 10.5. The van der Waals surface area contributed by atoms with Crippen molar-refractivity contribution in [3.63, 3.8) is 0 Å². The molecule has 0 saturated heterocycles. The zero-order valence-electron chi connectivity index (χ0n) is 36.8. The van der Waals surface area contributed by atoms with Gasteiger partial charge in [-0.25, -0.2) is 4.57 Å². The number of carbonyl (C=O) groups is 2. The fraction of sp³-hybridized carbons (Fsp3) is 0.913. The van der Waals surface area contributed by atoms with Crippen LogP contribution in [0.5, 0.6) is 0 Å². The lowest BCUT2D eigenvalue weighted by atomic mass is 10.0. The van der Waals surface area contributed by atoms with Gasteiger partial charge in [0.2, 0.25) is 0 Å². The van der Waals surface area contributed by atoms with Gasteiger partial charge in [0, 0.05) is 12.8 Å². The first-order valence-electron chi connectivity index (χ1n) is 23.6. The molecular weight excluding hydrogens is 743 g/mol. The molecule has 0 heterocycles. The van der Waals surface area contributed by atoms with Crippen molar-refractivity contribution < 1.29 is 47.8 Å². The third-order valence-corrected chi connectivity index (χ3v) is 11.4. The lowest BCUT2D eigenvalue weighted by molar-refractivity contribution is -0.153. The monoisotopic (exact) mass is 833 g/mol. The predicted molar refractivity (Wildman–Crippen MR) is 233 cm³/mol. The second-order valence-corrected chi connectivity index (χ2v) is 17.6. The Balaban J connectivity index is 3.76. The molecule has 0 bridgehead atoms.